The van der Waals surface area contributed by atoms with E-state index in [9.17, 15) is 17.2 Å². The molecule has 1 aromatic rings. The zero-order valence-electron chi connectivity index (χ0n) is 8.37. The number of nitrogens with zero attached hydrogens (tertiary/aromatic N) is 1. The number of alkyl halides is 2. The molecule has 0 unspecified atom stereocenters. The summed E-state index contributed by atoms with van der Waals surface area (Å²) in [5.41, 5.74) is -0.594. The third kappa shape index (κ3) is 2.59. The highest BCUT2D eigenvalue weighted by Gasteiger charge is 2.22. The number of methoxy groups -OCH3 is 1. The number of pyridine rings is 1. The van der Waals surface area contributed by atoms with E-state index in [1.165, 1.54) is 14.0 Å². The van der Waals surface area contributed by atoms with Gasteiger partial charge in [0.15, 0.2) is 5.03 Å². The summed E-state index contributed by atoms with van der Waals surface area (Å²) in [6, 6.07) is 0.978. The van der Waals surface area contributed by atoms with Crippen LogP contribution in [0.5, 0.6) is 5.75 Å². The van der Waals surface area contributed by atoms with Crippen LogP contribution in [0.4, 0.5) is 8.78 Å². The Morgan fingerprint density at radius 2 is 2.06 bits per heavy atom. The molecular formula is C8H8ClF2NO3S. The van der Waals surface area contributed by atoms with Crippen LogP contribution < -0.4 is 4.74 Å². The minimum Gasteiger partial charge on any atom is -0.496 e. The normalized spacial score (nSPS) is 11.9. The average Bonchev–Trinajstić information content (AvgIpc) is 2.15. The smallest absolute Gasteiger partial charge is 0.280 e. The van der Waals surface area contributed by atoms with Gasteiger partial charge in [-0.2, -0.15) is 0 Å². The predicted octanol–water partition coefficient (Wildman–Crippen LogP) is 2.26. The van der Waals surface area contributed by atoms with Gasteiger partial charge in [-0.3, -0.25) is 0 Å². The predicted molar refractivity (Wildman–Crippen MR) is 53.5 cm³/mol. The van der Waals surface area contributed by atoms with Crippen LogP contribution in [-0.2, 0) is 9.05 Å². The van der Waals surface area contributed by atoms with Crippen LogP contribution in [0.3, 0.4) is 0 Å². The molecule has 0 amide bonds. The van der Waals surface area contributed by atoms with Gasteiger partial charge in [0.05, 0.1) is 7.11 Å². The van der Waals surface area contributed by atoms with Crippen molar-refractivity contribution >= 4 is 19.7 Å². The van der Waals surface area contributed by atoms with E-state index in [2.05, 4.69) is 4.98 Å². The number of rotatable bonds is 3. The fraction of sp³-hybridized carbons (Fsp3) is 0.375. The molecule has 0 aliphatic heterocycles. The van der Waals surface area contributed by atoms with E-state index in [0.29, 0.717) is 0 Å². The van der Waals surface area contributed by atoms with Gasteiger partial charge >= 0.3 is 0 Å². The van der Waals surface area contributed by atoms with Crippen LogP contribution in [0.1, 0.15) is 17.7 Å². The van der Waals surface area contributed by atoms with Gasteiger partial charge in [0.2, 0.25) is 0 Å². The summed E-state index contributed by atoms with van der Waals surface area (Å²) < 4.78 is 51.8. The molecular weight excluding hydrogens is 264 g/mol. The quantitative estimate of drug-likeness (QED) is 0.792. The minimum atomic E-state index is -4.17. The van der Waals surface area contributed by atoms with Crippen molar-refractivity contribution in [3.63, 3.8) is 0 Å². The molecule has 90 valence electrons. The Morgan fingerprint density at radius 1 is 1.50 bits per heavy atom. The van der Waals surface area contributed by atoms with E-state index in [-0.39, 0.29) is 11.3 Å². The Bertz CT molecular complexity index is 504. The van der Waals surface area contributed by atoms with Gasteiger partial charge < -0.3 is 4.74 Å². The molecule has 4 nitrogen and oxygen atoms in total. The van der Waals surface area contributed by atoms with Crippen LogP contribution in [0, 0.1) is 6.92 Å². The van der Waals surface area contributed by atoms with Gasteiger partial charge in [0, 0.05) is 22.3 Å². The number of ether oxygens (including phenoxy) is 1. The van der Waals surface area contributed by atoms with Crippen LogP contribution in [0.25, 0.3) is 0 Å². The van der Waals surface area contributed by atoms with E-state index in [1.807, 2.05) is 0 Å². The Labute approximate surface area is 95.6 Å². The summed E-state index contributed by atoms with van der Waals surface area (Å²) in [7, 11) is 2.14. The van der Waals surface area contributed by atoms with Gasteiger partial charge in [0.25, 0.3) is 15.5 Å². The molecule has 0 radical (unpaired) electrons. The first-order valence-electron chi connectivity index (χ1n) is 4.05. The molecule has 1 rings (SSSR count). The minimum absolute atomic E-state index is 0.00419. The SMILES string of the molecule is COc1cc(C(F)F)nc(S(=O)(=O)Cl)c1C. The van der Waals surface area contributed by atoms with Crippen molar-refractivity contribution in [2.24, 2.45) is 0 Å². The molecule has 0 aromatic carbocycles. The maximum Gasteiger partial charge on any atom is 0.280 e. The molecule has 1 aromatic heterocycles. The Balaban J connectivity index is 3.55. The lowest BCUT2D eigenvalue weighted by Gasteiger charge is -2.10. The second-order valence-corrected chi connectivity index (χ2v) is 5.40. The van der Waals surface area contributed by atoms with Crippen molar-refractivity contribution in [2.45, 2.75) is 18.4 Å². The molecule has 0 spiro atoms. The maximum absolute atomic E-state index is 12.4. The summed E-state index contributed by atoms with van der Waals surface area (Å²) >= 11 is 0. The van der Waals surface area contributed by atoms with Crippen molar-refractivity contribution in [3.8, 4) is 5.75 Å². The number of hydrogen-bond acceptors (Lipinski definition) is 4. The van der Waals surface area contributed by atoms with Gasteiger partial charge in [-0.25, -0.2) is 22.2 Å². The number of aromatic nitrogens is 1. The summed E-state index contributed by atoms with van der Waals surface area (Å²) in [5.74, 6) is 0.00419. The first kappa shape index (κ1) is 13.1. The molecule has 0 aliphatic carbocycles. The summed E-state index contributed by atoms with van der Waals surface area (Å²) in [4.78, 5) is 3.30. The molecule has 0 bridgehead atoms. The largest absolute Gasteiger partial charge is 0.496 e. The van der Waals surface area contributed by atoms with Crippen molar-refractivity contribution in [1.82, 2.24) is 4.98 Å². The highest BCUT2D eigenvalue weighted by Crippen LogP contribution is 2.30. The van der Waals surface area contributed by atoms with Crippen LogP contribution in [0.2, 0.25) is 0 Å². The van der Waals surface area contributed by atoms with E-state index >= 15 is 0 Å². The molecule has 16 heavy (non-hydrogen) atoms. The van der Waals surface area contributed by atoms with Gasteiger partial charge in [-0.15, -0.1) is 0 Å². The Kier molecular flexibility index (Phi) is 3.69. The third-order valence-electron chi connectivity index (χ3n) is 1.87. The molecule has 0 aliphatic rings. The highest BCUT2D eigenvalue weighted by molar-refractivity contribution is 8.13. The van der Waals surface area contributed by atoms with Crippen LogP contribution >= 0.6 is 10.7 Å². The summed E-state index contributed by atoms with van der Waals surface area (Å²) in [5, 5.41) is -0.608. The van der Waals surface area contributed by atoms with E-state index < -0.39 is 26.2 Å². The zero-order valence-corrected chi connectivity index (χ0v) is 9.94. The third-order valence-corrected chi connectivity index (χ3v) is 3.17. The molecule has 0 atom stereocenters. The standard InChI is InChI=1S/C8H8ClF2NO3S/c1-4-6(15-2)3-5(7(10)11)12-8(4)16(9,13)14/h3,7H,1-2H3. The van der Waals surface area contributed by atoms with Gasteiger partial charge in [-0.1, -0.05) is 0 Å². The van der Waals surface area contributed by atoms with Gasteiger partial charge in [0.1, 0.15) is 11.4 Å². The molecule has 0 saturated heterocycles. The highest BCUT2D eigenvalue weighted by atomic mass is 35.7. The summed E-state index contributed by atoms with van der Waals surface area (Å²) in [6.45, 7) is 1.37. The average molecular weight is 272 g/mol. The molecule has 0 saturated carbocycles. The Hall–Kier alpha value is -0.950. The maximum atomic E-state index is 12.4. The van der Waals surface area contributed by atoms with Crippen molar-refractivity contribution in [1.29, 1.82) is 0 Å². The molecule has 8 heteroatoms. The summed E-state index contributed by atoms with van der Waals surface area (Å²) in [6.07, 6.45) is -2.90. The van der Waals surface area contributed by atoms with Crippen LogP contribution in [0.15, 0.2) is 11.1 Å². The topological polar surface area (TPSA) is 56.3 Å². The molecule has 0 fully saturated rings. The van der Waals surface area contributed by atoms with Crippen molar-refractivity contribution in [2.75, 3.05) is 7.11 Å². The van der Waals surface area contributed by atoms with Crippen molar-refractivity contribution in [3.05, 3.63) is 17.3 Å². The lowest BCUT2D eigenvalue weighted by molar-refractivity contribution is 0.144. The van der Waals surface area contributed by atoms with E-state index in [0.717, 1.165) is 6.07 Å². The van der Waals surface area contributed by atoms with Crippen LogP contribution in [-0.4, -0.2) is 20.5 Å². The van der Waals surface area contributed by atoms with E-state index in [4.69, 9.17) is 15.4 Å². The second kappa shape index (κ2) is 4.50. The molecule has 1 heterocycles. The first-order chi connectivity index (χ1) is 7.27. The number of hydrogen-bond donors (Lipinski definition) is 0. The lowest BCUT2D eigenvalue weighted by atomic mass is 10.2. The van der Waals surface area contributed by atoms with Gasteiger partial charge in [-0.05, 0) is 6.92 Å². The first-order valence-corrected chi connectivity index (χ1v) is 6.36. The molecule has 0 N–H and O–H groups in total. The van der Waals surface area contributed by atoms with E-state index in [1.54, 1.807) is 0 Å². The fourth-order valence-electron chi connectivity index (χ4n) is 1.14. The number of halogens is 3. The zero-order chi connectivity index (χ0) is 12.5. The monoisotopic (exact) mass is 271 g/mol. The second-order valence-electron chi connectivity index (χ2n) is 2.92. The Morgan fingerprint density at radius 3 is 2.44 bits per heavy atom. The lowest BCUT2D eigenvalue weighted by Crippen LogP contribution is -2.04. The van der Waals surface area contributed by atoms with Crippen molar-refractivity contribution < 1.29 is 21.9 Å². The fourth-order valence-corrected chi connectivity index (χ4v) is 2.27.